The zero-order valence-electron chi connectivity index (χ0n) is 14.7. The summed E-state index contributed by atoms with van der Waals surface area (Å²) in [6, 6.07) is 10.4. The first-order valence-corrected chi connectivity index (χ1v) is 9.98. The molecule has 0 aliphatic carbocycles. The number of amides is 1. The summed E-state index contributed by atoms with van der Waals surface area (Å²) in [6.07, 6.45) is 5.23. The maximum absolute atomic E-state index is 12.8. The summed E-state index contributed by atoms with van der Waals surface area (Å²) < 4.78 is 32.2. The first kappa shape index (κ1) is 18.4. The summed E-state index contributed by atoms with van der Waals surface area (Å²) in [5, 5.41) is 0. The summed E-state index contributed by atoms with van der Waals surface area (Å²) >= 11 is 0. The van der Waals surface area contributed by atoms with Crippen molar-refractivity contribution in [3.05, 3.63) is 60.1 Å². The number of carbonyl (C=O) groups is 1. The molecule has 0 radical (unpaired) electrons. The number of sulfonamides is 1. The van der Waals surface area contributed by atoms with Gasteiger partial charge in [-0.2, -0.15) is 4.31 Å². The molecule has 2 heterocycles. The lowest BCUT2D eigenvalue weighted by Crippen LogP contribution is -2.36. The van der Waals surface area contributed by atoms with Gasteiger partial charge in [-0.25, -0.2) is 8.42 Å². The van der Waals surface area contributed by atoms with E-state index in [1.54, 1.807) is 53.6 Å². The van der Waals surface area contributed by atoms with Gasteiger partial charge < -0.3 is 9.32 Å². The Bertz CT molecular complexity index is 871. The van der Waals surface area contributed by atoms with Gasteiger partial charge in [0.1, 0.15) is 5.76 Å². The molecular formula is C19H22N2O4S. The summed E-state index contributed by atoms with van der Waals surface area (Å²) in [4.78, 5) is 14.3. The van der Waals surface area contributed by atoms with Crippen molar-refractivity contribution >= 4 is 22.0 Å². The van der Waals surface area contributed by atoms with Gasteiger partial charge in [0.2, 0.25) is 15.9 Å². The van der Waals surface area contributed by atoms with Crippen molar-refractivity contribution in [1.29, 1.82) is 0 Å². The molecule has 0 N–H and O–H groups in total. The number of carbonyl (C=O) groups excluding carboxylic acids is 1. The van der Waals surface area contributed by atoms with Crippen LogP contribution >= 0.6 is 0 Å². The second-order valence-electron chi connectivity index (χ2n) is 6.24. The van der Waals surface area contributed by atoms with E-state index < -0.39 is 10.0 Å². The van der Waals surface area contributed by atoms with Crippen molar-refractivity contribution in [2.75, 3.05) is 26.2 Å². The third-order valence-electron chi connectivity index (χ3n) is 4.36. The molecule has 0 bridgehead atoms. The second kappa shape index (κ2) is 7.88. The van der Waals surface area contributed by atoms with Crippen LogP contribution in [0.5, 0.6) is 0 Å². The van der Waals surface area contributed by atoms with E-state index in [4.69, 9.17) is 4.42 Å². The fourth-order valence-electron chi connectivity index (χ4n) is 2.86. The number of rotatable bonds is 4. The van der Waals surface area contributed by atoms with Crippen LogP contribution in [0.3, 0.4) is 0 Å². The molecule has 0 atom stereocenters. The van der Waals surface area contributed by atoms with Gasteiger partial charge in [0.25, 0.3) is 0 Å². The van der Waals surface area contributed by atoms with Crippen LogP contribution in [0.15, 0.2) is 58.1 Å². The Morgan fingerprint density at radius 3 is 2.54 bits per heavy atom. The van der Waals surface area contributed by atoms with E-state index in [1.807, 2.05) is 6.92 Å². The lowest BCUT2D eigenvalue weighted by Gasteiger charge is -2.21. The van der Waals surface area contributed by atoms with Gasteiger partial charge in [0.15, 0.2) is 0 Å². The number of benzene rings is 1. The molecule has 1 aliphatic rings. The molecule has 26 heavy (non-hydrogen) atoms. The zero-order chi connectivity index (χ0) is 18.6. The maximum atomic E-state index is 12.8. The second-order valence-corrected chi connectivity index (χ2v) is 8.18. The number of hydrogen-bond acceptors (Lipinski definition) is 4. The Morgan fingerprint density at radius 1 is 1.08 bits per heavy atom. The average molecular weight is 374 g/mol. The topological polar surface area (TPSA) is 70.8 Å². The van der Waals surface area contributed by atoms with Crippen LogP contribution in [-0.2, 0) is 14.8 Å². The SMILES string of the molecule is Cc1ccc(S(=O)(=O)N2CCCN(C(=O)/C=C/c3ccco3)CC2)cc1. The van der Waals surface area contributed by atoms with Gasteiger partial charge in [-0.15, -0.1) is 0 Å². The molecule has 1 amide bonds. The molecule has 2 aromatic rings. The van der Waals surface area contributed by atoms with E-state index >= 15 is 0 Å². The lowest BCUT2D eigenvalue weighted by atomic mass is 10.2. The Morgan fingerprint density at radius 2 is 1.85 bits per heavy atom. The van der Waals surface area contributed by atoms with Gasteiger partial charge in [0.05, 0.1) is 11.2 Å². The fraction of sp³-hybridized carbons (Fsp3) is 0.316. The van der Waals surface area contributed by atoms with Crippen molar-refractivity contribution in [2.45, 2.75) is 18.2 Å². The van der Waals surface area contributed by atoms with E-state index in [1.165, 1.54) is 10.4 Å². The lowest BCUT2D eigenvalue weighted by molar-refractivity contribution is -0.125. The molecular weight excluding hydrogens is 352 g/mol. The van der Waals surface area contributed by atoms with Crippen LogP contribution in [-0.4, -0.2) is 49.7 Å². The predicted octanol–water partition coefficient (Wildman–Crippen LogP) is 2.52. The molecule has 1 aliphatic heterocycles. The van der Waals surface area contributed by atoms with E-state index in [2.05, 4.69) is 0 Å². The molecule has 0 spiro atoms. The minimum atomic E-state index is -3.54. The van der Waals surface area contributed by atoms with E-state index in [0.29, 0.717) is 36.7 Å². The quantitative estimate of drug-likeness (QED) is 0.771. The Balaban J connectivity index is 1.66. The maximum Gasteiger partial charge on any atom is 0.246 e. The highest BCUT2D eigenvalue weighted by atomic mass is 32.2. The molecule has 138 valence electrons. The minimum absolute atomic E-state index is 0.143. The highest BCUT2D eigenvalue weighted by molar-refractivity contribution is 7.89. The number of nitrogens with zero attached hydrogens (tertiary/aromatic N) is 2. The number of hydrogen-bond donors (Lipinski definition) is 0. The molecule has 7 heteroatoms. The smallest absolute Gasteiger partial charge is 0.246 e. The van der Waals surface area contributed by atoms with Crippen LogP contribution in [0.25, 0.3) is 6.08 Å². The highest BCUT2D eigenvalue weighted by Crippen LogP contribution is 2.18. The van der Waals surface area contributed by atoms with E-state index in [-0.39, 0.29) is 12.5 Å². The fourth-order valence-corrected chi connectivity index (χ4v) is 4.33. The van der Waals surface area contributed by atoms with Gasteiger partial charge >= 0.3 is 0 Å². The highest BCUT2D eigenvalue weighted by Gasteiger charge is 2.27. The molecule has 0 saturated carbocycles. The van der Waals surface area contributed by atoms with Crippen molar-refractivity contribution < 1.29 is 17.6 Å². The molecule has 1 aromatic heterocycles. The zero-order valence-corrected chi connectivity index (χ0v) is 15.5. The van der Waals surface area contributed by atoms with Crippen molar-refractivity contribution in [3.63, 3.8) is 0 Å². The molecule has 1 aromatic carbocycles. The van der Waals surface area contributed by atoms with Gasteiger partial charge in [-0.3, -0.25) is 4.79 Å². The molecule has 6 nitrogen and oxygen atoms in total. The van der Waals surface area contributed by atoms with Gasteiger partial charge in [-0.05, 0) is 43.7 Å². The van der Waals surface area contributed by atoms with Crippen LogP contribution in [0.1, 0.15) is 17.7 Å². The number of aryl methyl sites for hydroxylation is 1. The Labute approximate surface area is 153 Å². The van der Waals surface area contributed by atoms with Crippen molar-refractivity contribution in [3.8, 4) is 0 Å². The van der Waals surface area contributed by atoms with Gasteiger partial charge in [-0.1, -0.05) is 17.7 Å². The standard InChI is InChI=1S/C19H22N2O4S/c1-16-5-8-18(9-6-16)26(23,24)21-12-3-11-20(13-14-21)19(22)10-7-17-4-2-15-25-17/h2,4-10,15H,3,11-14H2,1H3/b10-7+. The third-order valence-corrected chi connectivity index (χ3v) is 6.27. The number of furan rings is 1. The monoisotopic (exact) mass is 374 g/mol. The predicted molar refractivity (Wildman–Crippen MR) is 98.9 cm³/mol. The van der Waals surface area contributed by atoms with Crippen LogP contribution < -0.4 is 0 Å². The summed E-state index contributed by atoms with van der Waals surface area (Å²) in [5.41, 5.74) is 1.01. The van der Waals surface area contributed by atoms with Crippen LogP contribution in [0.2, 0.25) is 0 Å². The third kappa shape index (κ3) is 4.23. The minimum Gasteiger partial charge on any atom is -0.465 e. The van der Waals surface area contributed by atoms with Crippen LogP contribution in [0, 0.1) is 6.92 Å². The van der Waals surface area contributed by atoms with E-state index in [0.717, 1.165) is 5.56 Å². The van der Waals surface area contributed by atoms with Crippen LogP contribution in [0.4, 0.5) is 0 Å². The first-order chi connectivity index (χ1) is 12.5. The summed E-state index contributed by atoms with van der Waals surface area (Å²) in [6.45, 7) is 3.51. The van der Waals surface area contributed by atoms with Crippen molar-refractivity contribution in [2.24, 2.45) is 0 Å². The summed E-state index contributed by atoms with van der Waals surface area (Å²) in [7, 11) is -3.54. The average Bonchev–Trinajstić information content (AvgIpc) is 3.01. The van der Waals surface area contributed by atoms with Gasteiger partial charge in [0, 0.05) is 32.3 Å². The van der Waals surface area contributed by atoms with Crippen molar-refractivity contribution in [1.82, 2.24) is 9.21 Å². The first-order valence-electron chi connectivity index (χ1n) is 8.54. The molecule has 1 fully saturated rings. The Kier molecular flexibility index (Phi) is 5.58. The van der Waals surface area contributed by atoms with E-state index in [9.17, 15) is 13.2 Å². The molecule has 1 saturated heterocycles. The largest absolute Gasteiger partial charge is 0.465 e. The molecule has 0 unspecified atom stereocenters. The Hall–Kier alpha value is -2.38. The normalized spacial score (nSPS) is 16.7. The summed E-state index contributed by atoms with van der Waals surface area (Å²) in [5.74, 6) is 0.465. The molecule has 3 rings (SSSR count).